The molecule has 90 valence electrons. The van der Waals surface area contributed by atoms with Crippen LogP contribution in [-0.2, 0) is 11.3 Å². The number of ether oxygens (including phenoxy) is 1. The summed E-state index contributed by atoms with van der Waals surface area (Å²) in [6, 6.07) is 3.07. The molecular weight excluding hydrogens is 208 g/mol. The Morgan fingerprint density at radius 1 is 1.50 bits per heavy atom. The maximum atomic E-state index is 10.5. The quantitative estimate of drug-likeness (QED) is 0.726. The van der Waals surface area contributed by atoms with E-state index in [2.05, 4.69) is 13.8 Å². The molecule has 0 atom stereocenters. The van der Waals surface area contributed by atoms with Crippen molar-refractivity contribution in [1.82, 2.24) is 0 Å². The zero-order valence-electron chi connectivity index (χ0n) is 9.73. The summed E-state index contributed by atoms with van der Waals surface area (Å²) in [5.41, 5.74) is 0. The standard InChI is InChI=1S/C12H18O4/c1-9(2)4-3-7-15-8-10-5-6-11(16-10)12(13)14/h5-6,9H,3-4,7-8H2,1-2H3,(H,13,14). The van der Waals surface area contributed by atoms with Gasteiger partial charge in [-0.25, -0.2) is 4.79 Å². The highest BCUT2D eigenvalue weighted by atomic mass is 16.5. The highest BCUT2D eigenvalue weighted by Crippen LogP contribution is 2.10. The molecule has 4 heteroatoms. The minimum Gasteiger partial charge on any atom is -0.475 e. The van der Waals surface area contributed by atoms with Gasteiger partial charge in [-0.2, -0.15) is 0 Å². The van der Waals surface area contributed by atoms with Crippen molar-refractivity contribution in [2.45, 2.75) is 33.3 Å². The zero-order chi connectivity index (χ0) is 12.0. The smallest absolute Gasteiger partial charge is 0.371 e. The summed E-state index contributed by atoms with van der Waals surface area (Å²) in [5, 5.41) is 8.63. The van der Waals surface area contributed by atoms with E-state index in [4.69, 9.17) is 14.3 Å². The Morgan fingerprint density at radius 3 is 2.81 bits per heavy atom. The molecule has 0 aliphatic rings. The van der Waals surface area contributed by atoms with Gasteiger partial charge in [-0.3, -0.25) is 0 Å². The molecule has 0 radical (unpaired) electrons. The second-order valence-electron chi connectivity index (χ2n) is 4.16. The fourth-order valence-electron chi connectivity index (χ4n) is 1.34. The van der Waals surface area contributed by atoms with E-state index in [-0.39, 0.29) is 5.76 Å². The number of carboxylic acids is 1. The lowest BCUT2D eigenvalue weighted by Gasteiger charge is -2.04. The lowest BCUT2D eigenvalue weighted by Crippen LogP contribution is -1.97. The number of furan rings is 1. The van der Waals surface area contributed by atoms with Gasteiger partial charge in [0.05, 0.1) is 0 Å². The second-order valence-corrected chi connectivity index (χ2v) is 4.16. The monoisotopic (exact) mass is 226 g/mol. The third-order valence-electron chi connectivity index (χ3n) is 2.19. The van der Waals surface area contributed by atoms with Gasteiger partial charge < -0.3 is 14.3 Å². The average Bonchev–Trinajstić information content (AvgIpc) is 2.65. The minimum atomic E-state index is -1.05. The normalized spacial score (nSPS) is 10.9. The summed E-state index contributed by atoms with van der Waals surface area (Å²) in [6.45, 7) is 5.37. The topological polar surface area (TPSA) is 59.7 Å². The Hall–Kier alpha value is -1.29. The Bertz CT molecular complexity index is 328. The molecule has 1 N–H and O–H groups in total. The highest BCUT2D eigenvalue weighted by Gasteiger charge is 2.08. The Morgan fingerprint density at radius 2 is 2.25 bits per heavy atom. The molecule has 1 aromatic heterocycles. The van der Waals surface area contributed by atoms with Crippen LogP contribution in [0.4, 0.5) is 0 Å². The molecule has 0 unspecified atom stereocenters. The lowest BCUT2D eigenvalue weighted by molar-refractivity contribution is 0.0645. The van der Waals surface area contributed by atoms with Crippen LogP contribution in [0.5, 0.6) is 0 Å². The maximum Gasteiger partial charge on any atom is 0.371 e. The van der Waals surface area contributed by atoms with Gasteiger partial charge in [0.1, 0.15) is 12.4 Å². The van der Waals surface area contributed by atoms with Crippen molar-refractivity contribution in [3.63, 3.8) is 0 Å². The van der Waals surface area contributed by atoms with E-state index in [0.717, 1.165) is 12.8 Å². The molecule has 0 aliphatic carbocycles. The first kappa shape index (κ1) is 12.8. The van der Waals surface area contributed by atoms with Gasteiger partial charge in [0, 0.05) is 6.61 Å². The van der Waals surface area contributed by atoms with Crippen LogP contribution in [0, 0.1) is 5.92 Å². The SMILES string of the molecule is CC(C)CCCOCc1ccc(C(=O)O)o1. The number of carbonyl (C=O) groups is 1. The zero-order valence-corrected chi connectivity index (χ0v) is 9.73. The summed E-state index contributed by atoms with van der Waals surface area (Å²) in [5.74, 6) is 0.152. The second kappa shape index (κ2) is 6.33. The number of aromatic carboxylic acids is 1. The van der Waals surface area contributed by atoms with Gasteiger partial charge in [-0.05, 0) is 30.9 Å². The fourth-order valence-corrected chi connectivity index (χ4v) is 1.34. The lowest BCUT2D eigenvalue weighted by atomic mass is 10.1. The molecular formula is C12H18O4. The number of hydrogen-bond acceptors (Lipinski definition) is 3. The van der Waals surface area contributed by atoms with Crippen molar-refractivity contribution < 1.29 is 19.1 Å². The largest absolute Gasteiger partial charge is 0.475 e. The van der Waals surface area contributed by atoms with Gasteiger partial charge >= 0.3 is 5.97 Å². The molecule has 0 aromatic carbocycles. The van der Waals surface area contributed by atoms with Crippen molar-refractivity contribution in [3.8, 4) is 0 Å². The third-order valence-corrected chi connectivity index (χ3v) is 2.19. The number of carboxylic acid groups (broad SMARTS) is 1. The molecule has 0 amide bonds. The first-order valence-electron chi connectivity index (χ1n) is 5.49. The molecule has 1 heterocycles. The Kier molecular flexibility index (Phi) is 5.05. The third kappa shape index (κ3) is 4.49. The van der Waals surface area contributed by atoms with Crippen molar-refractivity contribution in [2.24, 2.45) is 5.92 Å². The van der Waals surface area contributed by atoms with E-state index >= 15 is 0 Å². The molecule has 0 saturated carbocycles. The van der Waals surface area contributed by atoms with E-state index in [9.17, 15) is 4.79 Å². The van der Waals surface area contributed by atoms with E-state index in [1.807, 2.05) is 0 Å². The number of hydrogen-bond donors (Lipinski definition) is 1. The molecule has 0 saturated heterocycles. The Balaban J connectivity index is 2.19. The van der Waals surface area contributed by atoms with Gasteiger partial charge in [-0.15, -0.1) is 0 Å². The average molecular weight is 226 g/mol. The Labute approximate surface area is 95.2 Å². The first-order valence-corrected chi connectivity index (χ1v) is 5.49. The summed E-state index contributed by atoms with van der Waals surface area (Å²) in [4.78, 5) is 10.5. The highest BCUT2D eigenvalue weighted by molar-refractivity contribution is 5.84. The van der Waals surface area contributed by atoms with E-state index < -0.39 is 5.97 Å². The molecule has 0 spiro atoms. The predicted octanol–water partition coefficient (Wildman–Crippen LogP) is 2.93. The molecule has 0 aliphatic heterocycles. The molecule has 1 aromatic rings. The van der Waals surface area contributed by atoms with Crippen molar-refractivity contribution in [1.29, 1.82) is 0 Å². The molecule has 16 heavy (non-hydrogen) atoms. The summed E-state index contributed by atoms with van der Waals surface area (Å²) in [6.07, 6.45) is 2.16. The summed E-state index contributed by atoms with van der Waals surface area (Å²) >= 11 is 0. The van der Waals surface area contributed by atoms with Crippen LogP contribution in [0.3, 0.4) is 0 Å². The van der Waals surface area contributed by atoms with Crippen LogP contribution < -0.4 is 0 Å². The van der Waals surface area contributed by atoms with Crippen LogP contribution in [0.15, 0.2) is 16.5 Å². The first-order chi connectivity index (χ1) is 7.59. The summed E-state index contributed by atoms with van der Waals surface area (Å²) in [7, 11) is 0. The van der Waals surface area contributed by atoms with Crippen molar-refractivity contribution in [3.05, 3.63) is 23.7 Å². The molecule has 1 rings (SSSR count). The van der Waals surface area contributed by atoms with E-state index in [0.29, 0.717) is 24.9 Å². The van der Waals surface area contributed by atoms with E-state index in [1.54, 1.807) is 6.07 Å². The molecule has 0 fully saturated rings. The van der Waals surface area contributed by atoms with Crippen molar-refractivity contribution >= 4 is 5.97 Å². The van der Waals surface area contributed by atoms with Crippen LogP contribution in [0.25, 0.3) is 0 Å². The number of rotatable bonds is 7. The maximum absolute atomic E-state index is 10.5. The predicted molar refractivity (Wildman–Crippen MR) is 59.4 cm³/mol. The van der Waals surface area contributed by atoms with Gasteiger partial charge in [-0.1, -0.05) is 13.8 Å². The van der Waals surface area contributed by atoms with Gasteiger partial charge in [0.25, 0.3) is 0 Å². The van der Waals surface area contributed by atoms with Crippen LogP contribution >= 0.6 is 0 Å². The van der Waals surface area contributed by atoms with Crippen molar-refractivity contribution in [2.75, 3.05) is 6.61 Å². The van der Waals surface area contributed by atoms with Crippen LogP contribution in [0.1, 0.15) is 43.0 Å². The summed E-state index contributed by atoms with van der Waals surface area (Å²) < 4.78 is 10.4. The minimum absolute atomic E-state index is 0.0409. The molecule has 0 bridgehead atoms. The van der Waals surface area contributed by atoms with E-state index in [1.165, 1.54) is 6.07 Å². The van der Waals surface area contributed by atoms with Crippen LogP contribution in [0.2, 0.25) is 0 Å². The van der Waals surface area contributed by atoms with Gasteiger partial charge in [0.2, 0.25) is 5.76 Å². The van der Waals surface area contributed by atoms with Crippen LogP contribution in [-0.4, -0.2) is 17.7 Å². The van der Waals surface area contributed by atoms with Gasteiger partial charge in [0.15, 0.2) is 0 Å². The molecule has 4 nitrogen and oxygen atoms in total. The fraction of sp³-hybridized carbons (Fsp3) is 0.583.